The Morgan fingerprint density at radius 3 is 2.38 bits per heavy atom. The van der Waals surface area contributed by atoms with Crippen molar-refractivity contribution in [2.24, 2.45) is 23.2 Å². The first-order valence-electron chi connectivity index (χ1n) is 12.1. The molecule has 5 aliphatic rings. The highest BCUT2D eigenvalue weighted by Gasteiger charge is 2.50. The predicted octanol–water partition coefficient (Wildman–Crippen LogP) is 3.99. The molecule has 2 aromatic rings. The molecule has 1 aliphatic heterocycles. The molecule has 0 saturated heterocycles. The summed E-state index contributed by atoms with van der Waals surface area (Å²) in [5, 5.41) is 3.70. The second-order valence-corrected chi connectivity index (χ2v) is 12.7. The number of nitrogens with one attached hydrogen (secondary N) is 1. The Hall–Kier alpha value is -1.99. The Balaban J connectivity index is 1.16. The van der Waals surface area contributed by atoms with Gasteiger partial charge in [-0.3, -0.25) is 0 Å². The lowest BCUT2D eigenvalue weighted by atomic mass is 9.49. The Kier molecular flexibility index (Phi) is 5.02. The van der Waals surface area contributed by atoms with Gasteiger partial charge in [0.15, 0.2) is 0 Å². The molecule has 7 heteroatoms. The fraction of sp³-hybridized carbons (Fsp3) is 0.600. The highest BCUT2D eigenvalue weighted by Crippen LogP contribution is 2.59. The summed E-state index contributed by atoms with van der Waals surface area (Å²) in [5.74, 6) is 3.76. The molecule has 1 aromatic carbocycles. The van der Waals surface area contributed by atoms with Gasteiger partial charge in [0.1, 0.15) is 12.1 Å². The van der Waals surface area contributed by atoms with Crippen molar-refractivity contribution in [3.05, 3.63) is 53.5 Å². The van der Waals surface area contributed by atoms with Gasteiger partial charge in [-0.1, -0.05) is 30.3 Å². The number of aromatic nitrogens is 2. The number of sulfonamides is 1. The quantitative estimate of drug-likeness (QED) is 0.717. The monoisotopic (exact) mass is 452 g/mol. The average Bonchev–Trinajstić information content (AvgIpc) is 2.77. The van der Waals surface area contributed by atoms with Gasteiger partial charge in [0, 0.05) is 18.7 Å². The van der Waals surface area contributed by atoms with E-state index in [0.717, 1.165) is 46.9 Å². The Labute approximate surface area is 190 Å². The van der Waals surface area contributed by atoms with E-state index < -0.39 is 10.0 Å². The van der Waals surface area contributed by atoms with Gasteiger partial charge in [-0.15, -0.1) is 0 Å². The third kappa shape index (κ3) is 3.83. The number of rotatable bonds is 6. The summed E-state index contributed by atoms with van der Waals surface area (Å²) in [5.41, 5.74) is 3.20. The predicted molar refractivity (Wildman–Crippen MR) is 124 cm³/mol. The summed E-state index contributed by atoms with van der Waals surface area (Å²) < 4.78 is 27.6. The van der Waals surface area contributed by atoms with E-state index in [0.29, 0.717) is 24.9 Å². The lowest BCUT2D eigenvalue weighted by Gasteiger charge is -2.57. The average molecular weight is 453 g/mol. The maximum Gasteiger partial charge on any atom is 0.218 e. The first-order valence-corrected chi connectivity index (χ1v) is 13.7. The first-order chi connectivity index (χ1) is 15.5. The molecule has 4 bridgehead atoms. The van der Waals surface area contributed by atoms with Crippen LogP contribution in [0.2, 0.25) is 0 Å². The molecule has 4 fully saturated rings. The molecule has 170 valence electrons. The van der Waals surface area contributed by atoms with Gasteiger partial charge in [-0.05, 0) is 73.7 Å². The number of nitrogens with zero attached hydrogens (tertiary/aromatic N) is 3. The van der Waals surface area contributed by atoms with Gasteiger partial charge in [-0.2, -0.15) is 4.31 Å². The molecule has 7 rings (SSSR count). The van der Waals surface area contributed by atoms with E-state index >= 15 is 0 Å². The summed E-state index contributed by atoms with van der Waals surface area (Å²) in [4.78, 5) is 9.04. The minimum absolute atomic E-state index is 0.0331. The Morgan fingerprint density at radius 1 is 1.00 bits per heavy atom. The van der Waals surface area contributed by atoms with Crippen LogP contribution in [0.15, 0.2) is 36.7 Å². The van der Waals surface area contributed by atoms with E-state index in [4.69, 9.17) is 0 Å². The molecule has 1 N–H and O–H groups in total. The Morgan fingerprint density at radius 2 is 1.69 bits per heavy atom. The topological polar surface area (TPSA) is 75.2 Å². The zero-order valence-electron chi connectivity index (χ0n) is 18.5. The zero-order valence-corrected chi connectivity index (χ0v) is 19.4. The second-order valence-electron chi connectivity index (χ2n) is 10.7. The van der Waals surface area contributed by atoms with Crippen molar-refractivity contribution in [3.63, 3.8) is 0 Å². The van der Waals surface area contributed by atoms with Crippen LogP contribution < -0.4 is 5.32 Å². The molecule has 0 radical (unpaired) electrons. The van der Waals surface area contributed by atoms with Crippen molar-refractivity contribution in [2.75, 3.05) is 18.4 Å². The molecule has 4 saturated carbocycles. The second kappa shape index (κ2) is 7.80. The molecule has 0 spiro atoms. The van der Waals surface area contributed by atoms with Gasteiger partial charge in [0.05, 0.1) is 18.0 Å². The molecule has 0 atom stereocenters. The lowest BCUT2D eigenvalue weighted by molar-refractivity contribution is -0.0444. The summed E-state index contributed by atoms with van der Waals surface area (Å²) in [6.07, 6.45) is 10.7. The van der Waals surface area contributed by atoms with Crippen LogP contribution in [0.4, 0.5) is 5.82 Å². The zero-order chi connectivity index (χ0) is 21.8. The van der Waals surface area contributed by atoms with Gasteiger partial charge in [0.25, 0.3) is 0 Å². The fourth-order valence-electron chi connectivity index (χ4n) is 7.37. The van der Waals surface area contributed by atoms with Crippen LogP contribution >= 0.6 is 0 Å². The smallest absolute Gasteiger partial charge is 0.218 e. The number of hydrogen-bond acceptors (Lipinski definition) is 5. The van der Waals surface area contributed by atoms with Crippen LogP contribution in [0.25, 0.3) is 0 Å². The molecule has 32 heavy (non-hydrogen) atoms. The molecular formula is C25H32N4O2S. The molecule has 4 aliphatic carbocycles. The van der Waals surface area contributed by atoms with Gasteiger partial charge in [-0.25, -0.2) is 18.4 Å². The minimum Gasteiger partial charge on any atom is -0.369 e. The third-order valence-electron chi connectivity index (χ3n) is 8.35. The van der Waals surface area contributed by atoms with Crippen molar-refractivity contribution in [3.8, 4) is 0 Å². The number of anilines is 1. The van der Waals surface area contributed by atoms with Gasteiger partial charge in [0.2, 0.25) is 10.0 Å². The highest BCUT2D eigenvalue weighted by atomic mass is 32.2. The third-order valence-corrected chi connectivity index (χ3v) is 10.1. The molecule has 2 heterocycles. The first kappa shape index (κ1) is 20.6. The maximum absolute atomic E-state index is 13.0. The molecule has 6 nitrogen and oxygen atoms in total. The van der Waals surface area contributed by atoms with E-state index in [2.05, 4.69) is 15.3 Å². The van der Waals surface area contributed by atoms with Gasteiger partial charge >= 0.3 is 0 Å². The normalized spacial score (nSPS) is 31.4. The molecular weight excluding hydrogens is 420 g/mol. The van der Waals surface area contributed by atoms with Crippen molar-refractivity contribution < 1.29 is 8.42 Å². The van der Waals surface area contributed by atoms with E-state index in [1.54, 1.807) is 10.6 Å². The van der Waals surface area contributed by atoms with Crippen molar-refractivity contribution in [1.29, 1.82) is 0 Å². The van der Waals surface area contributed by atoms with E-state index in [-0.39, 0.29) is 5.75 Å². The largest absolute Gasteiger partial charge is 0.369 e. The SMILES string of the molecule is O=S(=O)(Cc1ccccc1)N1CCc2c(ncnc2NCC23CC4CC(CC(C4)C2)C3)C1. The van der Waals surface area contributed by atoms with Crippen LogP contribution in [-0.2, 0) is 28.7 Å². The lowest BCUT2D eigenvalue weighted by Crippen LogP contribution is -2.49. The summed E-state index contributed by atoms with van der Waals surface area (Å²) in [6, 6.07) is 9.40. The van der Waals surface area contributed by atoms with Crippen LogP contribution in [0.3, 0.4) is 0 Å². The minimum atomic E-state index is -3.38. The van der Waals surface area contributed by atoms with Crippen LogP contribution in [-0.4, -0.2) is 35.8 Å². The summed E-state index contributed by atoms with van der Waals surface area (Å²) in [7, 11) is -3.38. The number of benzene rings is 1. The van der Waals surface area contributed by atoms with Crippen LogP contribution in [0.5, 0.6) is 0 Å². The molecule has 0 amide bonds. The van der Waals surface area contributed by atoms with Crippen molar-refractivity contribution in [1.82, 2.24) is 14.3 Å². The Bertz CT molecular complexity index is 1070. The number of fused-ring (bicyclic) bond motifs is 1. The van der Waals surface area contributed by atoms with E-state index in [9.17, 15) is 8.42 Å². The maximum atomic E-state index is 13.0. The van der Waals surface area contributed by atoms with Crippen molar-refractivity contribution >= 4 is 15.8 Å². The van der Waals surface area contributed by atoms with Crippen molar-refractivity contribution in [2.45, 2.75) is 57.2 Å². The van der Waals surface area contributed by atoms with E-state index in [1.165, 1.54) is 38.5 Å². The summed E-state index contributed by atoms with van der Waals surface area (Å²) >= 11 is 0. The standard InChI is InChI=1S/C25H32N4O2S/c30-32(31,15-18-4-2-1-3-5-18)29-7-6-22-23(14-29)27-17-28-24(22)26-16-25-11-19-8-20(12-25)10-21(9-19)13-25/h1-5,17,19-21H,6-16H2,(H,26,27,28). The van der Waals surface area contributed by atoms with Crippen LogP contribution in [0, 0.1) is 23.2 Å². The number of hydrogen-bond donors (Lipinski definition) is 1. The molecule has 0 unspecified atom stereocenters. The van der Waals surface area contributed by atoms with E-state index in [1.807, 2.05) is 30.3 Å². The van der Waals surface area contributed by atoms with Crippen LogP contribution in [0.1, 0.15) is 55.3 Å². The van der Waals surface area contributed by atoms with Gasteiger partial charge < -0.3 is 5.32 Å². The fourth-order valence-corrected chi connectivity index (χ4v) is 8.86. The summed E-state index contributed by atoms with van der Waals surface area (Å²) in [6.45, 7) is 1.82. The highest BCUT2D eigenvalue weighted by molar-refractivity contribution is 7.88. The molecule has 1 aromatic heterocycles.